The van der Waals surface area contributed by atoms with Crippen LogP contribution < -0.4 is 9.47 Å². The molecule has 5 rings (SSSR count). The van der Waals surface area contributed by atoms with E-state index < -0.39 is 0 Å². The predicted molar refractivity (Wildman–Crippen MR) is 150 cm³/mol. The fourth-order valence-corrected chi connectivity index (χ4v) is 5.94. The molecule has 5 heteroatoms. The zero-order valence-electron chi connectivity index (χ0n) is 22.3. The standard InChI is InChI=1S/C32H38N2O3/c1-4-34-28-13-9-8-12-26(28)27-20-24(14-16-29(27)34)22-33(32(35)25-10-6-5-7-11-25)19-18-23-15-17-30(36-2)31(21-23)37-3/h8-9,12-17,20-21,25H,4-7,10-11,18-19,22H2,1-3H3. The highest BCUT2D eigenvalue weighted by Gasteiger charge is 2.26. The van der Waals surface area contributed by atoms with Gasteiger partial charge in [-0.25, -0.2) is 0 Å². The van der Waals surface area contributed by atoms with Gasteiger partial charge in [0.1, 0.15) is 0 Å². The number of hydrogen-bond acceptors (Lipinski definition) is 3. The summed E-state index contributed by atoms with van der Waals surface area (Å²) in [6.07, 6.45) is 6.35. The third kappa shape index (κ3) is 5.18. The van der Waals surface area contributed by atoms with Gasteiger partial charge in [0.15, 0.2) is 11.5 Å². The summed E-state index contributed by atoms with van der Waals surface area (Å²) < 4.78 is 13.3. The summed E-state index contributed by atoms with van der Waals surface area (Å²) in [7, 11) is 3.31. The van der Waals surface area contributed by atoms with Gasteiger partial charge in [-0.15, -0.1) is 0 Å². The number of rotatable bonds is 9. The van der Waals surface area contributed by atoms with Gasteiger partial charge in [0.05, 0.1) is 14.2 Å². The van der Waals surface area contributed by atoms with E-state index in [1.54, 1.807) is 14.2 Å². The van der Waals surface area contributed by atoms with E-state index in [0.717, 1.165) is 55.7 Å². The van der Waals surface area contributed by atoms with E-state index in [1.807, 2.05) is 12.1 Å². The number of fused-ring (bicyclic) bond motifs is 3. The van der Waals surface area contributed by atoms with Crippen molar-refractivity contribution in [2.45, 2.75) is 58.5 Å². The lowest BCUT2D eigenvalue weighted by atomic mass is 9.88. The first-order valence-corrected chi connectivity index (χ1v) is 13.6. The molecule has 0 unspecified atom stereocenters. The number of methoxy groups -OCH3 is 2. The molecule has 0 atom stereocenters. The highest BCUT2D eigenvalue weighted by Crippen LogP contribution is 2.32. The maximum absolute atomic E-state index is 13.8. The molecular weight excluding hydrogens is 460 g/mol. The maximum atomic E-state index is 13.8. The molecule has 37 heavy (non-hydrogen) atoms. The van der Waals surface area contributed by atoms with Gasteiger partial charge >= 0.3 is 0 Å². The van der Waals surface area contributed by atoms with Gasteiger partial charge in [0.25, 0.3) is 0 Å². The highest BCUT2D eigenvalue weighted by atomic mass is 16.5. The smallest absolute Gasteiger partial charge is 0.225 e. The molecule has 1 aliphatic carbocycles. The summed E-state index contributed by atoms with van der Waals surface area (Å²) in [4.78, 5) is 15.8. The van der Waals surface area contributed by atoms with Crippen molar-refractivity contribution < 1.29 is 14.3 Å². The van der Waals surface area contributed by atoms with Gasteiger partial charge in [-0.05, 0) is 67.6 Å². The third-order valence-corrected chi connectivity index (χ3v) is 7.91. The predicted octanol–water partition coefficient (Wildman–Crippen LogP) is 6.98. The van der Waals surface area contributed by atoms with E-state index in [0.29, 0.717) is 19.0 Å². The van der Waals surface area contributed by atoms with Gasteiger partial charge in [-0.2, -0.15) is 0 Å². The minimum atomic E-state index is 0.143. The summed E-state index contributed by atoms with van der Waals surface area (Å²) in [5.41, 5.74) is 4.84. The molecule has 1 heterocycles. The number of amides is 1. The first kappa shape index (κ1) is 25.2. The Balaban J connectivity index is 1.43. The van der Waals surface area contributed by atoms with Crippen LogP contribution in [0.5, 0.6) is 11.5 Å². The Labute approximate surface area is 220 Å². The average Bonchev–Trinajstić information content (AvgIpc) is 3.28. The second kappa shape index (κ2) is 11.3. The fraction of sp³-hybridized carbons (Fsp3) is 0.406. The summed E-state index contributed by atoms with van der Waals surface area (Å²) in [6, 6.07) is 21.4. The Hall–Kier alpha value is -3.47. The first-order valence-electron chi connectivity index (χ1n) is 13.6. The molecule has 0 saturated heterocycles. The lowest BCUT2D eigenvalue weighted by Crippen LogP contribution is -2.38. The quantitative estimate of drug-likeness (QED) is 0.250. The van der Waals surface area contributed by atoms with Crippen molar-refractivity contribution in [3.8, 4) is 11.5 Å². The zero-order chi connectivity index (χ0) is 25.8. The largest absolute Gasteiger partial charge is 0.493 e. The average molecular weight is 499 g/mol. The van der Waals surface area contributed by atoms with Crippen LogP contribution >= 0.6 is 0 Å². The van der Waals surface area contributed by atoms with Crippen molar-refractivity contribution in [1.29, 1.82) is 0 Å². The van der Waals surface area contributed by atoms with E-state index in [4.69, 9.17) is 9.47 Å². The molecule has 1 aliphatic rings. The molecular formula is C32H38N2O3. The van der Waals surface area contributed by atoms with Crippen molar-refractivity contribution in [2.75, 3.05) is 20.8 Å². The van der Waals surface area contributed by atoms with E-state index in [2.05, 4.69) is 64.9 Å². The van der Waals surface area contributed by atoms with Gasteiger partial charge in [0, 0.05) is 47.4 Å². The number of ether oxygens (including phenoxy) is 2. The maximum Gasteiger partial charge on any atom is 0.225 e. The molecule has 1 saturated carbocycles. The topological polar surface area (TPSA) is 43.7 Å². The Kier molecular flexibility index (Phi) is 7.68. The number of aromatic nitrogens is 1. The van der Waals surface area contributed by atoms with Gasteiger partial charge in [-0.3, -0.25) is 4.79 Å². The van der Waals surface area contributed by atoms with Crippen LogP contribution in [0.15, 0.2) is 60.7 Å². The number of hydrogen-bond donors (Lipinski definition) is 0. The molecule has 1 fully saturated rings. The Bertz CT molecular complexity index is 1380. The molecule has 3 aromatic carbocycles. The second-order valence-electron chi connectivity index (χ2n) is 10.1. The number of benzene rings is 3. The SMILES string of the molecule is CCn1c2ccccc2c2cc(CN(CCc3ccc(OC)c(OC)c3)C(=O)C3CCCCC3)ccc21. The highest BCUT2D eigenvalue weighted by molar-refractivity contribution is 6.08. The van der Waals surface area contributed by atoms with E-state index in [-0.39, 0.29) is 5.92 Å². The monoisotopic (exact) mass is 498 g/mol. The van der Waals surface area contributed by atoms with Crippen LogP contribution in [0, 0.1) is 5.92 Å². The minimum Gasteiger partial charge on any atom is -0.493 e. The van der Waals surface area contributed by atoms with Crippen LogP contribution in [-0.2, 0) is 24.3 Å². The number of aryl methyl sites for hydroxylation is 1. The van der Waals surface area contributed by atoms with Gasteiger partial charge in [-0.1, -0.05) is 49.6 Å². The second-order valence-corrected chi connectivity index (χ2v) is 10.1. The third-order valence-electron chi connectivity index (χ3n) is 7.91. The van der Waals surface area contributed by atoms with Gasteiger partial charge in [0.2, 0.25) is 5.91 Å². The Morgan fingerprint density at radius 2 is 1.59 bits per heavy atom. The van der Waals surface area contributed by atoms with Crippen molar-refractivity contribution in [1.82, 2.24) is 9.47 Å². The molecule has 194 valence electrons. The van der Waals surface area contributed by atoms with Crippen LogP contribution in [0.3, 0.4) is 0 Å². The van der Waals surface area contributed by atoms with E-state index >= 15 is 0 Å². The van der Waals surface area contributed by atoms with Crippen LogP contribution in [0.25, 0.3) is 21.8 Å². The molecule has 1 aromatic heterocycles. The lowest BCUT2D eigenvalue weighted by molar-refractivity contribution is -0.137. The Morgan fingerprint density at radius 1 is 0.865 bits per heavy atom. The first-order chi connectivity index (χ1) is 18.1. The molecule has 1 amide bonds. The number of carbonyl (C=O) groups excluding carboxylic acids is 1. The summed E-state index contributed by atoms with van der Waals surface area (Å²) in [5, 5.41) is 2.54. The van der Waals surface area contributed by atoms with Gasteiger partial charge < -0.3 is 18.9 Å². The fourth-order valence-electron chi connectivity index (χ4n) is 5.94. The molecule has 5 nitrogen and oxygen atoms in total. The van der Waals surface area contributed by atoms with Crippen LogP contribution in [0.1, 0.15) is 50.2 Å². The van der Waals surface area contributed by atoms with Crippen molar-refractivity contribution in [3.05, 3.63) is 71.8 Å². The number of nitrogens with zero attached hydrogens (tertiary/aromatic N) is 2. The molecule has 0 spiro atoms. The van der Waals surface area contributed by atoms with Crippen molar-refractivity contribution in [2.24, 2.45) is 5.92 Å². The molecule has 0 radical (unpaired) electrons. The normalized spacial score (nSPS) is 14.2. The van der Waals surface area contributed by atoms with Crippen molar-refractivity contribution in [3.63, 3.8) is 0 Å². The summed E-state index contributed by atoms with van der Waals surface area (Å²) in [5.74, 6) is 1.89. The van der Waals surface area contributed by atoms with Crippen LogP contribution in [0.2, 0.25) is 0 Å². The number of carbonyl (C=O) groups is 1. The van der Waals surface area contributed by atoms with E-state index in [1.165, 1.54) is 33.8 Å². The van der Waals surface area contributed by atoms with Crippen molar-refractivity contribution >= 4 is 27.7 Å². The summed E-state index contributed by atoms with van der Waals surface area (Å²) >= 11 is 0. The lowest BCUT2D eigenvalue weighted by Gasteiger charge is -2.30. The zero-order valence-corrected chi connectivity index (χ0v) is 22.3. The Morgan fingerprint density at radius 3 is 2.35 bits per heavy atom. The van der Waals surface area contributed by atoms with E-state index in [9.17, 15) is 4.79 Å². The summed E-state index contributed by atoms with van der Waals surface area (Å²) in [6.45, 7) is 4.43. The van der Waals surface area contributed by atoms with Crippen LogP contribution in [-0.4, -0.2) is 36.1 Å². The minimum absolute atomic E-state index is 0.143. The molecule has 0 aliphatic heterocycles. The number of para-hydroxylation sites is 1. The van der Waals surface area contributed by atoms with Crippen LogP contribution in [0.4, 0.5) is 0 Å². The molecule has 0 bridgehead atoms. The molecule has 4 aromatic rings. The molecule has 0 N–H and O–H groups in total.